The summed E-state index contributed by atoms with van der Waals surface area (Å²) >= 11 is 6.21. The molecule has 1 aromatic heterocycles. The molecule has 4 rings (SSSR count). The van der Waals surface area contributed by atoms with Gasteiger partial charge in [-0.2, -0.15) is 0 Å². The number of fused-ring (bicyclic) bond motifs is 1. The fourth-order valence-electron chi connectivity index (χ4n) is 4.41. The molecule has 160 valence electrons. The average molecular weight is 427 g/mol. The highest BCUT2D eigenvalue weighted by atomic mass is 35.5. The van der Waals surface area contributed by atoms with Crippen molar-refractivity contribution >= 4 is 34.2 Å². The summed E-state index contributed by atoms with van der Waals surface area (Å²) in [5.74, 6) is 1.16. The maximum atomic E-state index is 11.7. The highest BCUT2D eigenvalue weighted by molar-refractivity contribution is 6.31. The van der Waals surface area contributed by atoms with Crippen LogP contribution in [-0.4, -0.2) is 48.5 Å². The fourth-order valence-corrected chi connectivity index (χ4v) is 4.58. The summed E-state index contributed by atoms with van der Waals surface area (Å²) in [5, 5.41) is 5.44. The molecule has 1 aromatic carbocycles. The van der Waals surface area contributed by atoms with Crippen LogP contribution in [0.1, 0.15) is 44.6 Å². The van der Waals surface area contributed by atoms with Gasteiger partial charge in [-0.1, -0.05) is 29.3 Å². The molecule has 0 radical (unpaired) electrons. The normalized spacial score (nSPS) is 17.3. The van der Waals surface area contributed by atoms with E-state index in [1.165, 1.54) is 31.2 Å². The zero-order chi connectivity index (χ0) is 20.9. The smallest absolute Gasteiger partial charge is 0.219 e. The Balaban J connectivity index is 1.49. The van der Waals surface area contributed by atoms with E-state index in [0.717, 1.165) is 62.4 Å². The van der Waals surface area contributed by atoms with Crippen molar-refractivity contribution in [2.24, 2.45) is 0 Å². The van der Waals surface area contributed by atoms with Crippen LogP contribution in [0.2, 0.25) is 5.02 Å². The van der Waals surface area contributed by atoms with E-state index in [-0.39, 0.29) is 5.91 Å². The number of carbonyl (C=O) groups excluding carboxylic acids is 1. The van der Waals surface area contributed by atoms with Gasteiger partial charge in [-0.25, -0.2) is 4.98 Å². The summed E-state index contributed by atoms with van der Waals surface area (Å²) in [6.45, 7) is 6.51. The van der Waals surface area contributed by atoms with E-state index < -0.39 is 0 Å². The second-order valence-electron chi connectivity index (χ2n) is 8.34. The number of carbonyl (C=O) groups is 1. The van der Waals surface area contributed by atoms with E-state index in [1.54, 1.807) is 12.5 Å². The SMILES string of the molecule is CC(=O)N1CCN(c2nc3cc(Cl)ccc3cc2CNCCC2=CCCCC2)CC1. The Morgan fingerprint density at radius 1 is 1.17 bits per heavy atom. The summed E-state index contributed by atoms with van der Waals surface area (Å²) < 4.78 is 0. The van der Waals surface area contributed by atoms with Crippen LogP contribution in [0.25, 0.3) is 10.9 Å². The van der Waals surface area contributed by atoms with Gasteiger partial charge in [-0.05, 0) is 56.8 Å². The Kier molecular flexibility index (Phi) is 6.90. The molecule has 0 bridgehead atoms. The predicted octanol–water partition coefficient (Wildman–Crippen LogP) is 4.54. The number of nitrogens with one attached hydrogen (secondary N) is 1. The fraction of sp³-hybridized carbons (Fsp3) is 0.500. The van der Waals surface area contributed by atoms with E-state index in [2.05, 4.69) is 22.4 Å². The van der Waals surface area contributed by atoms with Gasteiger partial charge in [0.15, 0.2) is 0 Å². The van der Waals surface area contributed by atoms with Gasteiger partial charge >= 0.3 is 0 Å². The van der Waals surface area contributed by atoms with Crippen molar-refractivity contribution in [2.75, 3.05) is 37.6 Å². The van der Waals surface area contributed by atoms with Crippen LogP contribution in [0.4, 0.5) is 5.82 Å². The number of hydrogen-bond donors (Lipinski definition) is 1. The van der Waals surface area contributed by atoms with E-state index >= 15 is 0 Å². The van der Waals surface area contributed by atoms with Crippen LogP contribution < -0.4 is 10.2 Å². The molecule has 1 fully saturated rings. The van der Waals surface area contributed by atoms with Gasteiger partial charge in [0, 0.05) is 55.6 Å². The van der Waals surface area contributed by atoms with Crippen LogP contribution >= 0.6 is 11.6 Å². The number of pyridine rings is 1. The van der Waals surface area contributed by atoms with Crippen molar-refractivity contribution in [3.8, 4) is 0 Å². The number of anilines is 1. The van der Waals surface area contributed by atoms with Gasteiger partial charge < -0.3 is 15.1 Å². The van der Waals surface area contributed by atoms with E-state index in [0.29, 0.717) is 5.02 Å². The maximum Gasteiger partial charge on any atom is 0.219 e. The molecule has 2 aromatic rings. The molecule has 0 spiro atoms. The third kappa shape index (κ3) is 5.13. The molecule has 1 aliphatic carbocycles. The summed E-state index contributed by atoms with van der Waals surface area (Å²) in [7, 11) is 0. The van der Waals surface area contributed by atoms with Crippen LogP contribution in [-0.2, 0) is 11.3 Å². The maximum absolute atomic E-state index is 11.7. The van der Waals surface area contributed by atoms with Crippen LogP contribution in [0.15, 0.2) is 35.9 Å². The number of allylic oxidation sites excluding steroid dienone is 1. The van der Waals surface area contributed by atoms with Crippen molar-refractivity contribution in [2.45, 2.75) is 45.6 Å². The molecule has 30 heavy (non-hydrogen) atoms. The van der Waals surface area contributed by atoms with E-state index in [9.17, 15) is 4.79 Å². The van der Waals surface area contributed by atoms with Crippen molar-refractivity contribution in [3.05, 3.63) is 46.5 Å². The molecule has 0 saturated carbocycles. The summed E-state index contributed by atoms with van der Waals surface area (Å²) in [5.41, 5.74) is 3.72. The van der Waals surface area contributed by atoms with Gasteiger partial charge in [-0.15, -0.1) is 0 Å². The Labute approximate surface area is 184 Å². The van der Waals surface area contributed by atoms with E-state index in [4.69, 9.17) is 16.6 Å². The van der Waals surface area contributed by atoms with Gasteiger partial charge in [0.1, 0.15) is 5.82 Å². The number of nitrogens with zero attached hydrogens (tertiary/aromatic N) is 3. The van der Waals surface area contributed by atoms with Gasteiger partial charge in [0.25, 0.3) is 0 Å². The second kappa shape index (κ2) is 9.80. The monoisotopic (exact) mass is 426 g/mol. The van der Waals surface area contributed by atoms with Crippen molar-refractivity contribution in [1.82, 2.24) is 15.2 Å². The molecule has 1 aliphatic heterocycles. The Hall–Kier alpha value is -2.11. The topological polar surface area (TPSA) is 48.5 Å². The third-order valence-corrected chi connectivity index (χ3v) is 6.42. The lowest BCUT2D eigenvalue weighted by Crippen LogP contribution is -2.48. The molecule has 2 aliphatic rings. The minimum absolute atomic E-state index is 0.145. The first kappa shape index (κ1) is 21.1. The van der Waals surface area contributed by atoms with Crippen molar-refractivity contribution < 1.29 is 4.79 Å². The molecule has 1 N–H and O–H groups in total. The molecule has 0 unspecified atom stereocenters. The molecule has 1 saturated heterocycles. The summed E-state index contributed by atoms with van der Waals surface area (Å²) in [4.78, 5) is 20.9. The lowest BCUT2D eigenvalue weighted by molar-refractivity contribution is -0.129. The largest absolute Gasteiger partial charge is 0.353 e. The average Bonchev–Trinajstić information content (AvgIpc) is 2.77. The van der Waals surface area contributed by atoms with Crippen LogP contribution in [0.3, 0.4) is 0 Å². The van der Waals surface area contributed by atoms with Gasteiger partial charge in [0.2, 0.25) is 5.91 Å². The molecule has 5 nitrogen and oxygen atoms in total. The highest BCUT2D eigenvalue weighted by Gasteiger charge is 2.22. The summed E-state index contributed by atoms with van der Waals surface area (Å²) in [6, 6.07) is 8.12. The molecular weight excluding hydrogens is 396 g/mol. The van der Waals surface area contributed by atoms with Crippen LogP contribution in [0.5, 0.6) is 0 Å². The first-order chi connectivity index (χ1) is 14.6. The third-order valence-electron chi connectivity index (χ3n) is 6.18. The Morgan fingerprint density at radius 2 is 2.00 bits per heavy atom. The summed E-state index contributed by atoms with van der Waals surface area (Å²) in [6.07, 6.45) is 8.72. The lowest BCUT2D eigenvalue weighted by atomic mass is 9.97. The number of piperazine rings is 1. The minimum Gasteiger partial charge on any atom is -0.353 e. The predicted molar refractivity (Wildman–Crippen MR) is 124 cm³/mol. The first-order valence-corrected chi connectivity index (χ1v) is 11.5. The lowest BCUT2D eigenvalue weighted by Gasteiger charge is -2.36. The number of rotatable bonds is 6. The van der Waals surface area contributed by atoms with Gasteiger partial charge in [-0.3, -0.25) is 4.79 Å². The number of halogens is 1. The van der Waals surface area contributed by atoms with Crippen molar-refractivity contribution in [3.63, 3.8) is 0 Å². The minimum atomic E-state index is 0.145. The number of hydrogen-bond acceptors (Lipinski definition) is 4. The Morgan fingerprint density at radius 3 is 2.73 bits per heavy atom. The van der Waals surface area contributed by atoms with Crippen LogP contribution in [0, 0.1) is 0 Å². The zero-order valence-corrected chi connectivity index (χ0v) is 18.5. The Bertz CT molecular complexity index is 934. The standard InChI is InChI=1S/C24H31ClN4O/c1-18(30)28-11-13-29(14-12-28)24-21(15-20-7-8-22(25)16-23(20)27-24)17-26-10-9-19-5-3-2-4-6-19/h5,7-8,15-16,26H,2-4,6,9-14,17H2,1H3. The van der Waals surface area contributed by atoms with E-state index in [1.807, 2.05) is 23.1 Å². The second-order valence-corrected chi connectivity index (χ2v) is 8.77. The van der Waals surface area contributed by atoms with Gasteiger partial charge in [0.05, 0.1) is 5.52 Å². The molecule has 2 heterocycles. The van der Waals surface area contributed by atoms with Crippen molar-refractivity contribution in [1.29, 1.82) is 0 Å². The number of amides is 1. The number of benzene rings is 1. The molecule has 6 heteroatoms. The molecule has 0 atom stereocenters. The zero-order valence-electron chi connectivity index (χ0n) is 17.8. The number of aromatic nitrogens is 1. The quantitative estimate of drug-likeness (QED) is 0.544. The highest BCUT2D eigenvalue weighted by Crippen LogP contribution is 2.27. The molecular formula is C24H31ClN4O. The molecule has 1 amide bonds. The first-order valence-electron chi connectivity index (χ1n) is 11.1.